The summed E-state index contributed by atoms with van der Waals surface area (Å²) in [5.41, 5.74) is 1.75. The second-order valence-electron chi connectivity index (χ2n) is 5.58. The third-order valence-electron chi connectivity index (χ3n) is 3.43. The van der Waals surface area contributed by atoms with Crippen LogP contribution in [-0.4, -0.2) is 23.1 Å². The molecule has 0 radical (unpaired) electrons. The number of ether oxygens (including phenoxy) is 1. The number of anilines is 1. The molecule has 0 fully saturated rings. The average molecular weight is 328 g/mol. The van der Waals surface area contributed by atoms with Crippen LogP contribution >= 0.6 is 11.6 Å². The molecule has 0 saturated heterocycles. The fourth-order valence-electron chi connectivity index (χ4n) is 2.36. The van der Waals surface area contributed by atoms with Crippen molar-refractivity contribution in [1.82, 2.24) is 9.97 Å². The molecule has 0 bridgehead atoms. The van der Waals surface area contributed by atoms with E-state index in [0.717, 1.165) is 28.0 Å². The largest absolute Gasteiger partial charge is 0.497 e. The third kappa shape index (κ3) is 3.37. The predicted molar refractivity (Wildman–Crippen MR) is 95.3 cm³/mol. The van der Waals surface area contributed by atoms with Gasteiger partial charge < -0.3 is 10.1 Å². The normalized spacial score (nSPS) is 11.0. The zero-order valence-electron chi connectivity index (χ0n) is 13.3. The van der Waals surface area contributed by atoms with Crippen LogP contribution in [0.2, 0.25) is 5.02 Å². The summed E-state index contributed by atoms with van der Waals surface area (Å²) in [7, 11) is 1.65. The van der Waals surface area contributed by atoms with Gasteiger partial charge in [0.05, 0.1) is 12.6 Å². The number of aromatic nitrogens is 2. The molecule has 2 aromatic carbocycles. The van der Waals surface area contributed by atoms with Crippen LogP contribution in [0.25, 0.3) is 22.3 Å². The van der Waals surface area contributed by atoms with Crippen molar-refractivity contribution in [2.24, 2.45) is 0 Å². The number of methoxy groups -OCH3 is 1. The number of benzene rings is 2. The van der Waals surface area contributed by atoms with Gasteiger partial charge in [0.2, 0.25) is 0 Å². The second-order valence-corrected chi connectivity index (χ2v) is 6.02. The maximum Gasteiger partial charge on any atom is 0.162 e. The van der Waals surface area contributed by atoms with Gasteiger partial charge in [-0.1, -0.05) is 11.6 Å². The molecule has 0 spiro atoms. The van der Waals surface area contributed by atoms with E-state index in [1.54, 1.807) is 7.11 Å². The van der Waals surface area contributed by atoms with Gasteiger partial charge in [-0.2, -0.15) is 0 Å². The molecule has 23 heavy (non-hydrogen) atoms. The maximum absolute atomic E-state index is 6.12. The molecule has 0 atom stereocenters. The Morgan fingerprint density at radius 1 is 1.04 bits per heavy atom. The summed E-state index contributed by atoms with van der Waals surface area (Å²) >= 11 is 6.12. The van der Waals surface area contributed by atoms with Crippen molar-refractivity contribution in [2.45, 2.75) is 19.9 Å². The van der Waals surface area contributed by atoms with Crippen molar-refractivity contribution in [2.75, 3.05) is 12.4 Å². The van der Waals surface area contributed by atoms with E-state index in [-0.39, 0.29) is 6.04 Å². The molecule has 4 nitrogen and oxygen atoms in total. The summed E-state index contributed by atoms with van der Waals surface area (Å²) in [6, 6.07) is 13.6. The van der Waals surface area contributed by atoms with Gasteiger partial charge in [-0.3, -0.25) is 0 Å². The van der Waals surface area contributed by atoms with E-state index in [4.69, 9.17) is 21.3 Å². The van der Waals surface area contributed by atoms with Crippen molar-refractivity contribution in [3.05, 3.63) is 47.5 Å². The molecule has 0 aliphatic heterocycles. The number of hydrogen-bond donors (Lipinski definition) is 1. The fourth-order valence-corrected chi connectivity index (χ4v) is 2.52. The van der Waals surface area contributed by atoms with Gasteiger partial charge in [0.1, 0.15) is 11.6 Å². The fraction of sp³-hybridized carbons (Fsp3) is 0.222. The Kier molecular flexibility index (Phi) is 4.35. The van der Waals surface area contributed by atoms with Gasteiger partial charge in [0, 0.05) is 22.0 Å². The minimum absolute atomic E-state index is 0.271. The summed E-state index contributed by atoms with van der Waals surface area (Å²) in [5.74, 6) is 2.27. The first kappa shape index (κ1) is 15.6. The van der Waals surface area contributed by atoms with Crippen LogP contribution < -0.4 is 10.1 Å². The number of hydrogen-bond acceptors (Lipinski definition) is 4. The van der Waals surface area contributed by atoms with Gasteiger partial charge in [0.25, 0.3) is 0 Å². The summed E-state index contributed by atoms with van der Waals surface area (Å²) in [4.78, 5) is 9.34. The van der Waals surface area contributed by atoms with Gasteiger partial charge in [-0.15, -0.1) is 0 Å². The highest BCUT2D eigenvalue weighted by molar-refractivity contribution is 6.31. The van der Waals surface area contributed by atoms with Gasteiger partial charge >= 0.3 is 0 Å². The van der Waals surface area contributed by atoms with Gasteiger partial charge in [-0.25, -0.2) is 9.97 Å². The number of halogens is 1. The first-order valence-corrected chi connectivity index (χ1v) is 7.83. The van der Waals surface area contributed by atoms with Crippen molar-refractivity contribution >= 4 is 28.3 Å². The average Bonchev–Trinajstić information content (AvgIpc) is 2.54. The zero-order chi connectivity index (χ0) is 16.4. The number of fused-ring (bicyclic) bond motifs is 1. The molecule has 0 amide bonds. The lowest BCUT2D eigenvalue weighted by Crippen LogP contribution is -2.12. The minimum atomic E-state index is 0.271. The lowest BCUT2D eigenvalue weighted by molar-refractivity contribution is 0.415. The van der Waals surface area contributed by atoms with E-state index < -0.39 is 0 Å². The Morgan fingerprint density at radius 2 is 1.78 bits per heavy atom. The van der Waals surface area contributed by atoms with Crippen LogP contribution in [0.4, 0.5) is 5.82 Å². The molecular formula is C18H18ClN3O. The monoisotopic (exact) mass is 327 g/mol. The molecule has 118 valence electrons. The van der Waals surface area contributed by atoms with Gasteiger partial charge in [-0.05, 0) is 56.3 Å². The minimum Gasteiger partial charge on any atom is -0.497 e. The zero-order valence-corrected chi connectivity index (χ0v) is 14.1. The summed E-state index contributed by atoms with van der Waals surface area (Å²) in [5, 5.41) is 5.00. The standard InChI is InChI=1S/C18H18ClN3O/c1-11(2)20-18-15-9-6-13(19)10-16(15)21-17(22-18)12-4-7-14(23-3)8-5-12/h4-11H,1-3H3,(H,20,21,22). The molecule has 5 heteroatoms. The summed E-state index contributed by atoms with van der Waals surface area (Å²) < 4.78 is 5.20. The van der Waals surface area contributed by atoms with Crippen LogP contribution in [0, 0.1) is 0 Å². The highest BCUT2D eigenvalue weighted by atomic mass is 35.5. The quantitative estimate of drug-likeness (QED) is 0.749. The first-order valence-electron chi connectivity index (χ1n) is 7.45. The summed E-state index contributed by atoms with van der Waals surface area (Å²) in [6.07, 6.45) is 0. The molecule has 1 heterocycles. The van der Waals surface area contributed by atoms with Crippen LogP contribution in [-0.2, 0) is 0 Å². The highest BCUT2D eigenvalue weighted by Gasteiger charge is 2.11. The molecule has 3 aromatic rings. The molecular weight excluding hydrogens is 310 g/mol. The SMILES string of the molecule is COc1ccc(-c2nc(NC(C)C)c3ccc(Cl)cc3n2)cc1. The van der Waals surface area contributed by atoms with Crippen LogP contribution in [0.15, 0.2) is 42.5 Å². The summed E-state index contributed by atoms with van der Waals surface area (Å²) in [6.45, 7) is 4.16. The van der Waals surface area contributed by atoms with Crippen LogP contribution in [0.3, 0.4) is 0 Å². The molecule has 1 aromatic heterocycles. The number of rotatable bonds is 4. The smallest absolute Gasteiger partial charge is 0.162 e. The topological polar surface area (TPSA) is 47.0 Å². The lowest BCUT2D eigenvalue weighted by Gasteiger charge is -2.13. The van der Waals surface area contributed by atoms with E-state index >= 15 is 0 Å². The van der Waals surface area contributed by atoms with E-state index in [1.165, 1.54) is 0 Å². The Bertz CT molecular complexity index is 832. The second kappa shape index (κ2) is 6.42. The first-order chi connectivity index (χ1) is 11.1. The van der Waals surface area contributed by atoms with E-state index in [2.05, 4.69) is 24.1 Å². The molecule has 0 unspecified atom stereocenters. The van der Waals surface area contributed by atoms with Crippen molar-refractivity contribution < 1.29 is 4.74 Å². The van der Waals surface area contributed by atoms with Crippen molar-refractivity contribution in [3.8, 4) is 17.1 Å². The van der Waals surface area contributed by atoms with E-state index in [9.17, 15) is 0 Å². The number of nitrogens with one attached hydrogen (secondary N) is 1. The molecule has 3 rings (SSSR count). The van der Waals surface area contributed by atoms with Crippen molar-refractivity contribution in [1.29, 1.82) is 0 Å². The molecule has 1 N–H and O–H groups in total. The van der Waals surface area contributed by atoms with E-state index in [0.29, 0.717) is 10.8 Å². The lowest BCUT2D eigenvalue weighted by atomic mass is 10.1. The van der Waals surface area contributed by atoms with E-state index in [1.807, 2.05) is 42.5 Å². The maximum atomic E-state index is 6.12. The molecule has 0 aliphatic carbocycles. The van der Waals surface area contributed by atoms with Crippen LogP contribution in [0.1, 0.15) is 13.8 Å². The Labute approximate surface area is 140 Å². The Morgan fingerprint density at radius 3 is 2.43 bits per heavy atom. The molecule has 0 aliphatic rings. The van der Waals surface area contributed by atoms with Crippen molar-refractivity contribution in [3.63, 3.8) is 0 Å². The third-order valence-corrected chi connectivity index (χ3v) is 3.67. The predicted octanol–water partition coefficient (Wildman–Crippen LogP) is 4.78. The Hall–Kier alpha value is -2.33. The number of nitrogens with zero attached hydrogens (tertiary/aromatic N) is 2. The molecule has 0 saturated carbocycles. The van der Waals surface area contributed by atoms with Crippen LogP contribution in [0.5, 0.6) is 5.75 Å². The Balaban J connectivity index is 2.15. The van der Waals surface area contributed by atoms with Gasteiger partial charge in [0.15, 0.2) is 5.82 Å². The highest BCUT2D eigenvalue weighted by Crippen LogP contribution is 2.28.